The summed E-state index contributed by atoms with van der Waals surface area (Å²) in [6, 6.07) is 13.4. The quantitative estimate of drug-likeness (QED) is 0.718. The summed E-state index contributed by atoms with van der Waals surface area (Å²) in [7, 11) is 0. The Hall–Kier alpha value is -2.00. The highest BCUT2D eigenvalue weighted by atomic mass is 35.5. The van der Waals surface area contributed by atoms with Gasteiger partial charge < -0.3 is 9.14 Å². The van der Waals surface area contributed by atoms with Crippen LogP contribution in [0.5, 0.6) is 5.75 Å². The van der Waals surface area contributed by atoms with Crippen LogP contribution in [0.4, 0.5) is 0 Å². The van der Waals surface area contributed by atoms with E-state index in [1.807, 2.05) is 53.1 Å². The summed E-state index contributed by atoms with van der Waals surface area (Å²) >= 11 is 5.92. The van der Waals surface area contributed by atoms with Gasteiger partial charge in [0.2, 0.25) is 0 Å². The number of benzene rings is 1. The number of fused-ring (bicyclic) bond motifs is 1. The molecule has 0 aliphatic heterocycles. The molecule has 90 valence electrons. The number of nitrogens with zero attached hydrogens (tertiary/aromatic N) is 2. The van der Waals surface area contributed by atoms with Crippen LogP contribution >= 0.6 is 11.6 Å². The number of para-hydroxylation sites is 1. The van der Waals surface area contributed by atoms with Gasteiger partial charge in [-0.25, -0.2) is 4.98 Å². The SMILES string of the molecule is Clc1ccn2c(COc3ccccc3)cnc2c1. The van der Waals surface area contributed by atoms with Gasteiger partial charge in [0.15, 0.2) is 0 Å². The monoisotopic (exact) mass is 258 g/mol. The van der Waals surface area contributed by atoms with E-state index in [-0.39, 0.29) is 0 Å². The lowest BCUT2D eigenvalue weighted by Gasteiger charge is -2.05. The maximum atomic E-state index is 5.92. The van der Waals surface area contributed by atoms with Crippen molar-refractivity contribution in [1.29, 1.82) is 0 Å². The molecule has 0 saturated carbocycles. The van der Waals surface area contributed by atoms with Crippen molar-refractivity contribution < 1.29 is 4.74 Å². The Morgan fingerprint density at radius 1 is 1.17 bits per heavy atom. The number of hydrogen-bond donors (Lipinski definition) is 0. The molecule has 3 rings (SSSR count). The molecule has 0 radical (unpaired) electrons. The Kier molecular flexibility index (Phi) is 2.90. The molecule has 0 fully saturated rings. The van der Waals surface area contributed by atoms with Gasteiger partial charge in [-0.2, -0.15) is 0 Å². The summed E-state index contributed by atoms with van der Waals surface area (Å²) < 4.78 is 7.66. The zero-order chi connectivity index (χ0) is 12.4. The van der Waals surface area contributed by atoms with Gasteiger partial charge in [0.05, 0.1) is 11.9 Å². The Morgan fingerprint density at radius 3 is 2.83 bits per heavy atom. The summed E-state index contributed by atoms with van der Waals surface area (Å²) in [6.07, 6.45) is 3.70. The second-order valence-corrected chi connectivity index (χ2v) is 4.36. The van der Waals surface area contributed by atoms with E-state index in [2.05, 4.69) is 4.98 Å². The summed E-state index contributed by atoms with van der Waals surface area (Å²) in [5.41, 5.74) is 1.82. The van der Waals surface area contributed by atoms with Crippen molar-refractivity contribution in [3.05, 3.63) is 65.6 Å². The van der Waals surface area contributed by atoms with E-state index in [9.17, 15) is 0 Å². The van der Waals surface area contributed by atoms with Gasteiger partial charge in [-0.3, -0.25) is 0 Å². The van der Waals surface area contributed by atoms with Crippen LogP contribution in [0.2, 0.25) is 5.02 Å². The number of imidazole rings is 1. The highest BCUT2D eigenvalue weighted by Crippen LogP contribution is 2.15. The van der Waals surface area contributed by atoms with Crippen molar-refractivity contribution in [2.45, 2.75) is 6.61 Å². The number of aromatic nitrogens is 2. The number of pyridine rings is 1. The van der Waals surface area contributed by atoms with E-state index in [1.54, 1.807) is 6.20 Å². The number of rotatable bonds is 3. The van der Waals surface area contributed by atoms with Crippen LogP contribution in [0.25, 0.3) is 5.65 Å². The number of halogens is 1. The van der Waals surface area contributed by atoms with E-state index in [1.165, 1.54) is 0 Å². The lowest BCUT2D eigenvalue weighted by atomic mass is 10.3. The molecule has 1 aromatic carbocycles. The molecular formula is C14H11ClN2O. The van der Waals surface area contributed by atoms with E-state index >= 15 is 0 Å². The molecule has 0 spiro atoms. The number of ether oxygens (including phenoxy) is 1. The van der Waals surface area contributed by atoms with Crippen LogP contribution < -0.4 is 4.74 Å². The summed E-state index contributed by atoms with van der Waals surface area (Å²) in [5, 5.41) is 0.684. The van der Waals surface area contributed by atoms with Crippen LogP contribution in [0.15, 0.2) is 54.9 Å². The molecule has 3 nitrogen and oxygen atoms in total. The smallest absolute Gasteiger partial charge is 0.138 e. The van der Waals surface area contributed by atoms with Crippen LogP contribution in [-0.2, 0) is 6.61 Å². The highest BCUT2D eigenvalue weighted by molar-refractivity contribution is 6.30. The predicted molar refractivity (Wildman–Crippen MR) is 71.0 cm³/mol. The first-order valence-corrected chi connectivity index (χ1v) is 6.00. The van der Waals surface area contributed by atoms with Gasteiger partial charge in [-0.05, 0) is 24.3 Å². The molecule has 0 amide bonds. The molecular weight excluding hydrogens is 248 g/mol. The normalized spacial score (nSPS) is 10.7. The van der Waals surface area contributed by atoms with Crippen molar-refractivity contribution in [2.75, 3.05) is 0 Å². The van der Waals surface area contributed by atoms with Crippen LogP contribution in [0.3, 0.4) is 0 Å². The van der Waals surface area contributed by atoms with Crippen molar-refractivity contribution in [1.82, 2.24) is 9.38 Å². The van der Waals surface area contributed by atoms with Gasteiger partial charge in [0.25, 0.3) is 0 Å². The van der Waals surface area contributed by atoms with Gasteiger partial charge in [0.1, 0.15) is 18.0 Å². The fourth-order valence-electron chi connectivity index (χ4n) is 1.79. The molecule has 4 heteroatoms. The molecule has 0 bridgehead atoms. The van der Waals surface area contributed by atoms with Crippen molar-refractivity contribution in [2.24, 2.45) is 0 Å². The number of hydrogen-bond acceptors (Lipinski definition) is 2. The van der Waals surface area contributed by atoms with Crippen molar-refractivity contribution in [3.63, 3.8) is 0 Å². The summed E-state index contributed by atoms with van der Waals surface area (Å²) in [5.74, 6) is 0.849. The van der Waals surface area contributed by atoms with Crippen molar-refractivity contribution >= 4 is 17.2 Å². The Labute approximate surface area is 110 Å². The highest BCUT2D eigenvalue weighted by Gasteiger charge is 2.04. The average molecular weight is 259 g/mol. The Balaban J connectivity index is 1.83. The minimum atomic E-state index is 0.479. The Bertz CT molecular complexity index is 664. The molecule has 0 unspecified atom stereocenters. The topological polar surface area (TPSA) is 26.5 Å². The van der Waals surface area contributed by atoms with Crippen LogP contribution in [-0.4, -0.2) is 9.38 Å². The lowest BCUT2D eigenvalue weighted by Crippen LogP contribution is -1.99. The Morgan fingerprint density at radius 2 is 2.00 bits per heavy atom. The maximum Gasteiger partial charge on any atom is 0.138 e. The minimum absolute atomic E-state index is 0.479. The van der Waals surface area contributed by atoms with Crippen molar-refractivity contribution in [3.8, 4) is 5.75 Å². The van der Waals surface area contributed by atoms with Gasteiger partial charge in [-0.1, -0.05) is 29.8 Å². The van der Waals surface area contributed by atoms with Crippen LogP contribution in [0, 0.1) is 0 Å². The largest absolute Gasteiger partial charge is 0.487 e. The molecule has 18 heavy (non-hydrogen) atoms. The third kappa shape index (κ3) is 2.17. The lowest BCUT2D eigenvalue weighted by molar-refractivity contribution is 0.300. The zero-order valence-corrected chi connectivity index (χ0v) is 10.3. The molecule has 2 aromatic heterocycles. The van der Waals surface area contributed by atoms with Crippen LogP contribution in [0.1, 0.15) is 5.69 Å². The summed E-state index contributed by atoms with van der Waals surface area (Å²) in [6.45, 7) is 0.479. The van der Waals surface area contributed by atoms with E-state index < -0.39 is 0 Å². The second kappa shape index (κ2) is 4.70. The van der Waals surface area contributed by atoms with E-state index in [0.717, 1.165) is 17.1 Å². The standard InChI is InChI=1S/C14H11ClN2O/c15-11-6-7-17-12(9-16-14(17)8-11)10-18-13-4-2-1-3-5-13/h1-9H,10H2. The zero-order valence-electron chi connectivity index (χ0n) is 9.58. The van der Waals surface area contributed by atoms with Gasteiger partial charge in [-0.15, -0.1) is 0 Å². The first kappa shape index (κ1) is 11.1. The summed E-state index contributed by atoms with van der Waals surface area (Å²) in [4.78, 5) is 4.29. The first-order chi connectivity index (χ1) is 8.83. The fraction of sp³-hybridized carbons (Fsp3) is 0.0714. The molecule has 3 aromatic rings. The van der Waals surface area contributed by atoms with Gasteiger partial charge in [0, 0.05) is 11.2 Å². The fourth-order valence-corrected chi connectivity index (χ4v) is 1.94. The minimum Gasteiger partial charge on any atom is -0.487 e. The average Bonchev–Trinajstić information content (AvgIpc) is 2.80. The molecule has 0 aliphatic carbocycles. The van der Waals surface area contributed by atoms with E-state index in [0.29, 0.717) is 11.6 Å². The van der Waals surface area contributed by atoms with Gasteiger partial charge >= 0.3 is 0 Å². The van der Waals surface area contributed by atoms with E-state index in [4.69, 9.17) is 16.3 Å². The third-order valence-corrected chi connectivity index (χ3v) is 2.92. The molecule has 2 heterocycles. The molecule has 0 saturated heterocycles. The molecule has 0 aliphatic rings. The third-order valence-electron chi connectivity index (χ3n) is 2.68. The predicted octanol–water partition coefficient (Wildman–Crippen LogP) is 3.57. The maximum absolute atomic E-state index is 5.92. The second-order valence-electron chi connectivity index (χ2n) is 3.92. The first-order valence-electron chi connectivity index (χ1n) is 5.62. The molecule has 0 atom stereocenters. The molecule has 0 N–H and O–H groups in total.